The number of ketones is 1. The summed E-state index contributed by atoms with van der Waals surface area (Å²) in [6, 6.07) is 17.0. The fourth-order valence-corrected chi connectivity index (χ4v) is 3.80. The molecule has 0 saturated carbocycles. The maximum Gasteiger partial charge on any atom is 0.163 e. The smallest absolute Gasteiger partial charge is 0.163 e. The van der Waals surface area contributed by atoms with Gasteiger partial charge in [0.2, 0.25) is 0 Å². The Bertz CT molecular complexity index is 1180. The Balaban J connectivity index is 1.87. The molecule has 186 valence electrons. The van der Waals surface area contributed by atoms with Crippen molar-refractivity contribution in [1.29, 1.82) is 0 Å². The Labute approximate surface area is 208 Å². The number of rotatable bonds is 10. The number of pyridine rings is 1. The van der Waals surface area contributed by atoms with E-state index in [1.165, 1.54) is 0 Å². The number of benzene rings is 2. The third-order valence-corrected chi connectivity index (χ3v) is 6.09. The summed E-state index contributed by atoms with van der Waals surface area (Å²) in [7, 11) is 1.54. The zero-order chi connectivity index (χ0) is 25.8. The van der Waals surface area contributed by atoms with Crippen LogP contribution in [0.1, 0.15) is 67.7 Å². The Kier molecular flexibility index (Phi) is 7.98. The average Bonchev–Trinajstić information content (AvgIpc) is 2.82. The van der Waals surface area contributed by atoms with Gasteiger partial charge in [0.05, 0.1) is 25.1 Å². The molecule has 1 aromatic heterocycles. The molecule has 3 rings (SSSR count). The number of methoxy groups -OCH3 is 1. The lowest BCUT2D eigenvalue weighted by molar-refractivity contribution is 0.0396. The van der Waals surface area contributed by atoms with Gasteiger partial charge in [0, 0.05) is 23.1 Å². The predicted octanol–water partition coefficient (Wildman–Crippen LogP) is 5.53. The number of hydrogen-bond donors (Lipinski definition) is 2. The van der Waals surface area contributed by atoms with Crippen LogP contribution in [-0.4, -0.2) is 29.6 Å². The van der Waals surface area contributed by atoms with Crippen molar-refractivity contribution in [1.82, 2.24) is 4.98 Å². The third kappa shape index (κ3) is 6.47. The Hall–Kier alpha value is -3.22. The molecule has 3 aromatic rings. The average molecular weight is 477 g/mol. The van der Waals surface area contributed by atoms with Gasteiger partial charge in [0.25, 0.3) is 0 Å². The molecule has 1 heterocycles. The molecule has 0 radical (unpaired) electrons. The van der Waals surface area contributed by atoms with E-state index in [4.69, 9.17) is 20.2 Å². The summed E-state index contributed by atoms with van der Waals surface area (Å²) >= 11 is 0. The van der Waals surface area contributed by atoms with Crippen LogP contribution in [0, 0.1) is 6.92 Å². The number of nitrogens with zero attached hydrogens (tertiary/aromatic N) is 1. The maximum atomic E-state index is 13.0. The molecule has 0 aliphatic rings. The molecule has 1 unspecified atom stereocenters. The highest BCUT2D eigenvalue weighted by Gasteiger charge is 2.29. The molecule has 1 atom stereocenters. The van der Waals surface area contributed by atoms with Crippen molar-refractivity contribution >= 4 is 5.78 Å². The standard InChI is InChI=1S/C29H36N2O4/c1-7-35-25-13-12-21(16-26(25)34-6)24(32)14-15-29(5,33)27-18-22(28(3,4)30)17-23(31-27)20-10-8-19(2)9-11-20/h8-13,16-18,33H,7,14-15,30H2,1-6H3. The lowest BCUT2D eigenvalue weighted by Gasteiger charge is -2.27. The van der Waals surface area contributed by atoms with Crippen molar-refractivity contribution in [2.24, 2.45) is 5.73 Å². The van der Waals surface area contributed by atoms with Crippen LogP contribution < -0.4 is 15.2 Å². The minimum Gasteiger partial charge on any atom is -0.493 e. The van der Waals surface area contributed by atoms with E-state index < -0.39 is 11.1 Å². The van der Waals surface area contributed by atoms with Crippen LogP contribution in [0.2, 0.25) is 0 Å². The largest absolute Gasteiger partial charge is 0.493 e. The van der Waals surface area contributed by atoms with E-state index in [-0.39, 0.29) is 18.6 Å². The Morgan fingerprint density at radius 1 is 1.03 bits per heavy atom. The van der Waals surface area contributed by atoms with E-state index in [2.05, 4.69) is 0 Å². The second kappa shape index (κ2) is 10.6. The zero-order valence-corrected chi connectivity index (χ0v) is 21.5. The van der Waals surface area contributed by atoms with Gasteiger partial charge in [-0.2, -0.15) is 0 Å². The summed E-state index contributed by atoms with van der Waals surface area (Å²) in [5, 5.41) is 11.4. The summed E-state index contributed by atoms with van der Waals surface area (Å²) < 4.78 is 10.9. The van der Waals surface area contributed by atoms with Gasteiger partial charge in [-0.3, -0.25) is 4.79 Å². The molecule has 0 aliphatic carbocycles. The first-order chi connectivity index (χ1) is 16.4. The SMILES string of the molecule is CCOc1ccc(C(=O)CCC(C)(O)c2cc(C(C)(C)N)cc(-c3ccc(C)cc3)n2)cc1OC. The van der Waals surface area contributed by atoms with E-state index in [0.29, 0.717) is 29.4 Å². The van der Waals surface area contributed by atoms with Crippen molar-refractivity contribution in [2.75, 3.05) is 13.7 Å². The molecule has 0 bridgehead atoms. The zero-order valence-electron chi connectivity index (χ0n) is 21.5. The molecule has 0 aliphatic heterocycles. The molecule has 0 saturated heterocycles. The number of ether oxygens (including phenoxy) is 2. The third-order valence-electron chi connectivity index (χ3n) is 6.09. The summed E-state index contributed by atoms with van der Waals surface area (Å²) in [6.07, 6.45) is 0.345. The summed E-state index contributed by atoms with van der Waals surface area (Å²) in [4.78, 5) is 17.7. The molecule has 3 N–H and O–H groups in total. The van der Waals surface area contributed by atoms with Crippen molar-refractivity contribution in [3.63, 3.8) is 0 Å². The molecule has 0 fully saturated rings. The number of nitrogens with two attached hydrogens (primary N) is 1. The first-order valence-electron chi connectivity index (χ1n) is 11.9. The molecule has 0 spiro atoms. The van der Waals surface area contributed by atoms with Crippen LogP contribution in [0.5, 0.6) is 11.5 Å². The predicted molar refractivity (Wildman–Crippen MR) is 139 cm³/mol. The summed E-state index contributed by atoms with van der Waals surface area (Å²) in [5.41, 5.74) is 9.15. The van der Waals surface area contributed by atoms with Crippen LogP contribution in [0.25, 0.3) is 11.3 Å². The highest BCUT2D eigenvalue weighted by atomic mass is 16.5. The van der Waals surface area contributed by atoms with Crippen LogP contribution in [0.4, 0.5) is 0 Å². The van der Waals surface area contributed by atoms with E-state index in [1.54, 1.807) is 32.2 Å². The number of aliphatic hydroxyl groups is 1. The Morgan fingerprint density at radius 3 is 2.31 bits per heavy atom. The number of aryl methyl sites for hydroxylation is 1. The summed E-state index contributed by atoms with van der Waals surface area (Å²) in [6.45, 7) is 9.95. The van der Waals surface area contributed by atoms with E-state index in [9.17, 15) is 9.90 Å². The molecule has 6 heteroatoms. The van der Waals surface area contributed by atoms with Gasteiger partial charge in [-0.25, -0.2) is 4.98 Å². The first-order valence-corrected chi connectivity index (χ1v) is 11.9. The van der Waals surface area contributed by atoms with Gasteiger partial charge in [0.15, 0.2) is 17.3 Å². The number of Topliss-reactive ketones (excluding diaryl/α,β-unsaturated/α-hetero) is 1. The number of carbonyl (C=O) groups is 1. The van der Waals surface area contributed by atoms with Gasteiger partial charge in [-0.05, 0) is 76.9 Å². The lowest BCUT2D eigenvalue weighted by atomic mass is 9.88. The molecule has 35 heavy (non-hydrogen) atoms. The fourth-order valence-electron chi connectivity index (χ4n) is 3.80. The van der Waals surface area contributed by atoms with Crippen molar-refractivity contribution in [3.8, 4) is 22.8 Å². The van der Waals surface area contributed by atoms with Crippen LogP contribution >= 0.6 is 0 Å². The van der Waals surface area contributed by atoms with Crippen LogP contribution in [0.3, 0.4) is 0 Å². The number of carbonyl (C=O) groups excluding carboxylic acids is 1. The topological polar surface area (TPSA) is 94.7 Å². The van der Waals surface area contributed by atoms with Gasteiger partial charge in [-0.1, -0.05) is 29.8 Å². The Morgan fingerprint density at radius 2 is 1.71 bits per heavy atom. The highest BCUT2D eigenvalue weighted by molar-refractivity contribution is 5.96. The van der Waals surface area contributed by atoms with Crippen molar-refractivity contribution in [3.05, 3.63) is 77.0 Å². The minimum atomic E-state index is -1.33. The van der Waals surface area contributed by atoms with Gasteiger partial charge in [0.1, 0.15) is 5.60 Å². The van der Waals surface area contributed by atoms with E-state index in [1.807, 2.05) is 64.1 Å². The van der Waals surface area contributed by atoms with Gasteiger partial charge >= 0.3 is 0 Å². The molecular weight excluding hydrogens is 440 g/mol. The highest BCUT2D eigenvalue weighted by Crippen LogP contribution is 2.33. The maximum absolute atomic E-state index is 13.0. The molecular formula is C29H36N2O4. The quantitative estimate of drug-likeness (QED) is 0.374. The molecule has 6 nitrogen and oxygen atoms in total. The van der Waals surface area contributed by atoms with E-state index in [0.717, 1.165) is 22.4 Å². The minimum absolute atomic E-state index is 0.0966. The van der Waals surface area contributed by atoms with Crippen molar-refractivity contribution < 1.29 is 19.4 Å². The van der Waals surface area contributed by atoms with Crippen molar-refractivity contribution in [2.45, 2.75) is 58.6 Å². The lowest BCUT2D eigenvalue weighted by Crippen LogP contribution is -2.31. The summed E-state index contributed by atoms with van der Waals surface area (Å²) in [5.74, 6) is 1.00. The second-order valence-electron chi connectivity index (χ2n) is 9.71. The normalized spacial score (nSPS) is 13.3. The number of aromatic nitrogens is 1. The first kappa shape index (κ1) is 26.4. The van der Waals surface area contributed by atoms with Crippen LogP contribution in [0.15, 0.2) is 54.6 Å². The van der Waals surface area contributed by atoms with E-state index >= 15 is 0 Å². The molecule has 0 amide bonds. The fraction of sp³-hybridized carbons (Fsp3) is 0.379. The number of hydrogen-bond acceptors (Lipinski definition) is 6. The van der Waals surface area contributed by atoms with Crippen LogP contribution in [-0.2, 0) is 11.1 Å². The second-order valence-corrected chi connectivity index (χ2v) is 9.71. The molecule has 2 aromatic carbocycles. The van der Waals surface area contributed by atoms with Gasteiger partial charge in [-0.15, -0.1) is 0 Å². The van der Waals surface area contributed by atoms with Gasteiger partial charge < -0.3 is 20.3 Å². The monoisotopic (exact) mass is 476 g/mol.